The Balaban J connectivity index is 1.30. The number of aromatic nitrogens is 4. The number of amides is 1. The fourth-order valence-electron chi connectivity index (χ4n) is 3.58. The zero-order valence-electron chi connectivity index (χ0n) is 16.1. The average Bonchev–Trinajstić information content (AvgIpc) is 3.22. The summed E-state index contributed by atoms with van der Waals surface area (Å²) in [4.78, 5) is 25.7. The predicted molar refractivity (Wildman–Crippen MR) is 112 cm³/mol. The van der Waals surface area contributed by atoms with Crippen LogP contribution in [-0.2, 0) is 4.79 Å². The Morgan fingerprint density at radius 1 is 1.04 bits per heavy atom. The fraction of sp³-hybridized carbons (Fsp3) is 0.579. The number of hydrogen-bond acceptors (Lipinski definition) is 7. The van der Waals surface area contributed by atoms with Crippen LogP contribution in [0.5, 0.6) is 0 Å². The van der Waals surface area contributed by atoms with E-state index in [1.807, 2.05) is 24.2 Å². The van der Waals surface area contributed by atoms with Gasteiger partial charge in [0.2, 0.25) is 5.91 Å². The van der Waals surface area contributed by atoms with Gasteiger partial charge in [-0.1, -0.05) is 6.42 Å². The predicted octanol–water partition coefficient (Wildman–Crippen LogP) is 2.03. The second-order valence-corrected chi connectivity index (χ2v) is 8.44. The van der Waals surface area contributed by atoms with Crippen LogP contribution >= 0.6 is 11.8 Å². The number of anilines is 2. The summed E-state index contributed by atoms with van der Waals surface area (Å²) in [5.74, 6) is 2.80. The molecule has 4 rings (SSSR count). The number of carbonyl (C=O) groups is 1. The minimum absolute atomic E-state index is 0.0179. The molecule has 8 nitrogen and oxygen atoms in total. The maximum absolute atomic E-state index is 12.2. The number of nitrogens with one attached hydrogen (secondary N) is 1. The first-order chi connectivity index (χ1) is 13.8. The highest BCUT2D eigenvalue weighted by Gasteiger charge is 2.14. The first kappa shape index (κ1) is 19.2. The molecule has 2 aliphatic rings. The number of piperidine rings is 1. The SMILES string of the molecule is O=C(CCN1CCCCC1)Nc1cnn(-c2ncc(N3CCSCC3)cn2)c1. The molecule has 2 fully saturated rings. The molecule has 0 aromatic carbocycles. The molecule has 2 aliphatic heterocycles. The van der Waals surface area contributed by atoms with Crippen molar-refractivity contribution in [3.05, 3.63) is 24.8 Å². The Morgan fingerprint density at radius 3 is 2.54 bits per heavy atom. The Morgan fingerprint density at radius 2 is 1.79 bits per heavy atom. The second kappa shape index (κ2) is 9.38. The van der Waals surface area contributed by atoms with Crippen molar-refractivity contribution in [2.45, 2.75) is 25.7 Å². The van der Waals surface area contributed by atoms with E-state index in [4.69, 9.17) is 0 Å². The summed E-state index contributed by atoms with van der Waals surface area (Å²) < 4.78 is 1.59. The minimum Gasteiger partial charge on any atom is -0.367 e. The van der Waals surface area contributed by atoms with Crippen LogP contribution in [0, 0.1) is 0 Å². The van der Waals surface area contributed by atoms with Gasteiger partial charge >= 0.3 is 0 Å². The lowest BCUT2D eigenvalue weighted by atomic mass is 10.1. The molecule has 0 radical (unpaired) electrons. The molecule has 0 aliphatic carbocycles. The van der Waals surface area contributed by atoms with Crippen molar-refractivity contribution in [1.29, 1.82) is 0 Å². The van der Waals surface area contributed by atoms with E-state index in [0.29, 0.717) is 18.1 Å². The third-order valence-electron chi connectivity index (χ3n) is 5.18. The molecule has 1 N–H and O–H groups in total. The van der Waals surface area contributed by atoms with Crippen LogP contribution in [0.15, 0.2) is 24.8 Å². The van der Waals surface area contributed by atoms with Gasteiger partial charge in [-0.15, -0.1) is 0 Å². The average molecular weight is 402 g/mol. The Labute approximate surface area is 169 Å². The molecule has 0 spiro atoms. The Kier molecular flexibility index (Phi) is 6.43. The van der Waals surface area contributed by atoms with Crippen molar-refractivity contribution in [2.75, 3.05) is 54.4 Å². The summed E-state index contributed by atoms with van der Waals surface area (Å²) in [5, 5.41) is 7.20. The van der Waals surface area contributed by atoms with Crippen molar-refractivity contribution in [1.82, 2.24) is 24.6 Å². The largest absolute Gasteiger partial charge is 0.367 e. The molecule has 0 atom stereocenters. The summed E-state index contributed by atoms with van der Waals surface area (Å²) in [5.41, 5.74) is 1.71. The van der Waals surface area contributed by atoms with E-state index in [1.54, 1.807) is 17.1 Å². The molecule has 0 unspecified atom stereocenters. The van der Waals surface area contributed by atoms with Gasteiger partial charge in [0.1, 0.15) is 0 Å². The number of likely N-dealkylation sites (tertiary alicyclic amines) is 1. The molecule has 2 aromatic heterocycles. The van der Waals surface area contributed by atoms with Crippen LogP contribution in [-0.4, -0.2) is 74.8 Å². The zero-order valence-corrected chi connectivity index (χ0v) is 16.9. The van der Waals surface area contributed by atoms with Gasteiger partial charge in [0.25, 0.3) is 5.95 Å². The van der Waals surface area contributed by atoms with Crippen molar-refractivity contribution < 1.29 is 4.79 Å². The van der Waals surface area contributed by atoms with Crippen molar-refractivity contribution in [2.24, 2.45) is 0 Å². The standard InChI is InChI=1S/C19H27N7OS/c27-18(4-7-24-5-2-1-3-6-24)23-16-12-22-26(15-16)19-20-13-17(14-21-19)25-8-10-28-11-9-25/h12-15H,1-11H2,(H,23,27). The summed E-state index contributed by atoms with van der Waals surface area (Å²) in [6.07, 6.45) is 11.4. The van der Waals surface area contributed by atoms with Crippen molar-refractivity contribution in [3.63, 3.8) is 0 Å². The maximum Gasteiger partial charge on any atom is 0.250 e. The Hall–Kier alpha value is -2.13. The summed E-state index contributed by atoms with van der Waals surface area (Å²) in [6, 6.07) is 0. The molecule has 9 heteroatoms. The molecule has 28 heavy (non-hydrogen) atoms. The van der Waals surface area contributed by atoms with Gasteiger partial charge in [0.15, 0.2) is 0 Å². The Bertz CT molecular complexity index is 767. The quantitative estimate of drug-likeness (QED) is 0.793. The number of thioether (sulfide) groups is 1. The number of nitrogens with zero attached hydrogens (tertiary/aromatic N) is 6. The zero-order chi connectivity index (χ0) is 19.2. The molecule has 0 saturated carbocycles. The van der Waals surface area contributed by atoms with Gasteiger partial charge in [-0.3, -0.25) is 4.79 Å². The minimum atomic E-state index is 0.0179. The van der Waals surface area contributed by atoms with Gasteiger partial charge in [-0.05, 0) is 25.9 Å². The van der Waals surface area contributed by atoms with Gasteiger partial charge in [0.05, 0.1) is 36.2 Å². The molecule has 4 heterocycles. The molecular weight excluding hydrogens is 374 g/mol. The van der Waals surface area contributed by atoms with E-state index in [0.717, 1.165) is 49.9 Å². The summed E-state index contributed by atoms with van der Waals surface area (Å²) >= 11 is 1.98. The van der Waals surface area contributed by atoms with Gasteiger partial charge < -0.3 is 15.1 Å². The lowest BCUT2D eigenvalue weighted by Crippen LogP contribution is -2.32. The lowest BCUT2D eigenvalue weighted by molar-refractivity contribution is -0.116. The highest BCUT2D eigenvalue weighted by Crippen LogP contribution is 2.18. The van der Waals surface area contributed by atoms with E-state index in [2.05, 4.69) is 30.2 Å². The highest BCUT2D eigenvalue weighted by atomic mass is 32.2. The number of carbonyl (C=O) groups excluding carboxylic acids is 1. The molecular formula is C19H27N7OS. The molecule has 2 saturated heterocycles. The summed E-state index contributed by atoms with van der Waals surface area (Å²) in [6.45, 7) is 5.09. The van der Waals surface area contributed by atoms with E-state index in [-0.39, 0.29) is 5.91 Å². The van der Waals surface area contributed by atoms with Crippen LogP contribution in [0.2, 0.25) is 0 Å². The van der Waals surface area contributed by atoms with Gasteiger partial charge in [-0.2, -0.15) is 16.9 Å². The van der Waals surface area contributed by atoms with Crippen molar-refractivity contribution >= 4 is 29.0 Å². The van der Waals surface area contributed by atoms with Gasteiger partial charge in [-0.25, -0.2) is 14.6 Å². The molecule has 150 valence electrons. The third-order valence-corrected chi connectivity index (χ3v) is 6.12. The van der Waals surface area contributed by atoms with E-state index >= 15 is 0 Å². The van der Waals surface area contributed by atoms with E-state index < -0.39 is 0 Å². The van der Waals surface area contributed by atoms with Crippen LogP contribution in [0.1, 0.15) is 25.7 Å². The van der Waals surface area contributed by atoms with Crippen LogP contribution in [0.4, 0.5) is 11.4 Å². The van der Waals surface area contributed by atoms with E-state index in [9.17, 15) is 4.79 Å². The topological polar surface area (TPSA) is 79.2 Å². The van der Waals surface area contributed by atoms with Gasteiger partial charge in [0, 0.05) is 37.6 Å². The normalized spacial score (nSPS) is 18.2. The van der Waals surface area contributed by atoms with E-state index in [1.165, 1.54) is 19.3 Å². The van der Waals surface area contributed by atoms with Crippen molar-refractivity contribution in [3.8, 4) is 5.95 Å². The van der Waals surface area contributed by atoms with Crippen LogP contribution in [0.3, 0.4) is 0 Å². The highest BCUT2D eigenvalue weighted by molar-refractivity contribution is 7.99. The lowest BCUT2D eigenvalue weighted by Gasteiger charge is -2.27. The summed E-state index contributed by atoms with van der Waals surface area (Å²) in [7, 11) is 0. The first-order valence-corrected chi connectivity index (χ1v) is 11.2. The molecule has 0 bridgehead atoms. The molecule has 2 aromatic rings. The van der Waals surface area contributed by atoms with Crippen LogP contribution < -0.4 is 10.2 Å². The second-order valence-electron chi connectivity index (χ2n) is 7.21. The fourth-order valence-corrected chi connectivity index (χ4v) is 4.48. The monoisotopic (exact) mass is 401 g/mol. The smallest absolute Gasteiger partial charge is 0.250 e. The molecule has 1 amide bonds. The van der Waals surface area contributed by atoms with Crippen LogP contribution in [0.25, 0.3) is 5.95 Å². The number of hydrogen-bond donors (Lipinski definition) is 1. The number of rotatable bonds is 6. The first-order valence-electron chi connectivity index (χ1n) is 10.00. The maximum atomic E-state index is 12.2. The third kappa shape index (κ3) is 5.02.